The topological polar surface area (TPSA) is 87.7 Å². The number of benzene rings is 1. The van der Waals surface area contributed by atoms with E-state index >= 15 is 0 Å². The first-order chi connectivity index (χ1) is 14.7. The van der Waals surface area contributed by atoms with Crippen LogP contribution in [-0.4, -0.2) is 52.5 Å². The van der Waals surface area contributed by atoms with E-state index in [4.69, 9.17) is 4.74 Å². The van der Waals surface area contributed by atoms with Crippen molar-refractivity contribution >= 4 is 17.7 Å². The van der Waals surface area contributed by atoms with Gasteiger partial charge in [0.05, 0.1) is 17.9 Å². The minimum absolute atomic E-state index is 0.208. The summed E-state index contributed by atoms with van der Waals surface area (Å²) in [6.07, 6.45) is 4.68. The molecule has 0 aliphatic carbocycles. The third-order valence-electron chi connectivity index (χ3n) is 6.06. The number of ether oxygens (including phenoxy) is 1. The third kappa shape index (κ3) is 3.57. The van der Waals surface area contributed by atoms with E-state index in [0.717, 1.165) is 5.56 Å². The van der Waals surface area contributed by atoms with Crippen molar-refractivity contribution in [3.63, 3.8) is 0 Å². The number of hydrogen-bond acceptors (Lipinski definition) is 4. The normalized spacial score (nSPS) is 30.9. The van der Waals surface area contributed by atoms with E-state index in [0.29, 0.717) is 6.54 Å². The van der Waals surface area contributed by atoms with Crippen molar-refractivity contribution in [3.05, 3.63) is 60.7 Å². The molecule has 1 spiro atoms. The average molecular weight is 424 g/mol. The summed E-state index contributed by atoms with van der Waals surface area (Å²) < 4.78 is 6.24. The lowest BCUT2D eigenvalue weighted by atomic mass is 9.74. The molecule has 7 heteroatoms. The van der Waals surface area contributed by atoms with Crippen LogP contribution in [0.15, 0.2) is 55.1 Å². The zero-order chi connectivity index (χ0) is 22.4. The van der Waals surface area contributed by atoms with Gasteiger partial charge in [0.25, 0.3) is 0 Å². The molecule has 1 aromatic carbocycles. The summed E-state index contributed by atoms with van der Waals surface area (Å²) in [5.74, 6) is -2.20. The lowest BCUT2D eigenvalue weighted by molar-refractivity contribution is -0.141. The van der Waals surface area contributed by atoms with Crippen molar-refractivity contribution in [2.24, 2.45) is 11.8 Å². The van der Waals surface area contributed by atoms with Crippen LogP contribution in [0.1, 0.15) is 26.3 Å². The second-order valence-electron chi connectivity index (χ2n) is 9.42. The molecule has 3 heterocycles. The number of nitrogens with zero attached hydrogens (tertiary/aromatic N) is 1. The van der Waals surface area contributed by atoms with Gasteiger partial charge in [-0.2, -0.15) is 0 Å². The van der Waals surface area contributed by atoms with Crippen molar-refractivity contribution in [2.45, 2.75) is 50.6 Å². The summed E-state index contributed by atoms with van der Waals surface area (Å²) in [4.78, 5) is 41.3. The molecule has 0 radical (unpaired) electrons. The summed E-state index contributed by atoms with van der Waals surface area (Å²) in [6, 6.07) is 8.74. The molecule has 164 valence electrons. The molecule has 2 bridgehead atoms. The van der Waals surface area contributed by atoms with Crippen molar-refractivity contribution in [1.29, 1.82) is 0 Å². The van der Waals surface area contributed by atoms with Gasteiger partial charge in [-0.25, -0.2) is 0 Å². The van der Waals surface area contributed by atoms with Crippen LogP contribution in [0.5, 0.6) is 0 Å². The molecule has 2 fully saturated rings. The molecule has 0 aromatic heterocycles. The first-order valence-electron chi connectivity index (χ1n) is 10.6. The van der Waals surface area contributed by atoms with Gasteiger partial charge in [-0.05, 0) is 26.3 Å². The molecule has 3 amide bonds. The molecule has 5 atom stereocenters. The highest BCUT2D eigenvalue weighted by Gasteiger charge is 2.72. The number of nitrogens with one attached hydrogen (secondary N) is 2. The molecule has 3 aliphatic rings. The van der Waals surface area contributed by atoms with Crippen molar-refractivity contribution in [3.8, 4) is 0 Å². The Labute approximate surface area is 182 Å². The molecule has 7 nitrogen and oxygen atoms in total. The molecular weight excluding hydrogens is 394 g/mol. The number of hydrogen-bond donors (Lipinski definition) is 2. The van der Waals surface area contributed by atoms with Crippen LogP contribution in [0.25, 0.3) is 0 Å². The zero-order valence-corrected chi connectivity index (χ0v) is 18.1. The number of likely N-dealkylation sites (tertiary alicyclic amines) is 1. The van der Waals surface area contributed by atoms with Gasteiger partial charge in [0, 0.05) is 18.6 Å². The summed E-state index contributed by atoms with van der Waals surface area (Å²) in [7, 11) is 0. The van der Waals surface area contributed by atoms with Crippen LogP contribution in [-0.2, 0) is 25.7 Å². The average Bonchev–Trinajstić information content (AvgIpc) is 3.34. The van der Waals surface area contributed by atoms with Crippen molar-refractivity contribution in [2.75, 3.05) is 6.54 Å². The van der Waals surface area contributed by atoms with Gasteiger partial charge in [0.1, 0.15) is 11.6 Å². The summed E-state index contributed by atoms with van der Waals surface area (Å²) in [5.41, 5.74) is -0.644. The second kappa shape index (κ2) is 7.64. The predicted octanol–water partition coefficient (Wildman–Crippen LogP) is 1.55. The fraction of sp³-hybridized carbons (Fsp3) is 0.458. The van der Waals surface area contributed by atoms with Crippen LogP contribution < -0.4 is 10.6 Å². The SMILES string of the molecule is C=CCN1C(=O)[C@H]2[C@@H](C(=O)NCc3ccccc3)[C@H]3C=C[C@@]2(O3)[C@H]1C(=O)NC(C)(C)C. The van der Waals surface area contributed by atoms with Gasteiger partial charge in [-0.3, -0.25) is 14.4 Å². The smallest absolute Gasteiger partial charge is 0.246 e. The molecule has 2 N–H and O–H groups in total. The summed E-state index contributed by atoms with van der Waals surface area (Å²) >= 11 is 0. The monoisotopic (exact) mass is 423 g/mol. The van der Waals surface area contributed by atoms with Crippen LogP contribution in [0.3, 0.4) is 0 Å². The van der Waals surface area contributed by atoms with E-state index in [1.54, 1.807) is 12.2 Å². The first-order valence-corrected chi connectivity index (χ1v) is 10.6. The van der Waals surface area contributed by atoms with E-state index in [9.17, 15) is 14.4 Å². The molecular formula is C24H29N3O4. The molecule has 31 heavy (non-hydrogen) atoms. The van der Waals surface area contributed by atoms with Crippen LogP contribution in [0.4, 0.5) is 0 Å². The van der Waals surface area contributed by atoms with E-state index in [-0.39, 0.29) is 24.3 Å². The minimum Gasteiger partial charge on any atom is -0.359 e. The van der Waals surface area contributed by atoms with Crippen LogP contribution in [0, 0.1) is 11.8 Å². The highest BCUT2D eigenvalue weighted by atomic mass is 16.5. The largest absolute Gasteiger partial charge is 0.359 e. The van der Waals surface area contributed by atoms with Gasteiger partial charge in [-0.15, -0.1) is 6.58 Å². The molecule has 3 aliphatic heterocycles. The maximum Gasteiger partial charge on any atom is 0.246 e. The van der Waals surface area contributed by atoms with E-state index in [1.807, 2.05) is 57.2 Å². The molecule has 1 aromatic rings. The molecule has 2 saturated heterocycles. The Kier molecular flexibility index (Phi) is 5.25. The Morgan fingerprint density at radius 1 is 1.23 bits per heavy atom. The number of amides is 3. The second-order valence-corrected chi connectivity index (χ2v) is 9.42. The number of fused-ring (bicyclic) bond motifs is 1. The Bertz CT molecular complexity index is 936. The van der Waals surface area contributed by atoms with Gasteiger partial charge < -0.3 is 20.3 Å². The predicted molar refractivity (Wildman–Crippen MR) is 116 cm³/mol. The van der Waals surface area contributed by atoms with Crippen LogP contribution in [0.2, 0.25) is 0 Å². The summed E-state index contributed by atoms with van der Waals surface area (Å²) in [6.45, 7) is 9.97. The number of rotatable bonds is 6. The fourth-order valence-electron chi connectivity index (χ4n) is 4.94. The number of carbonyl (C=O) groups excluding carboxylic acids is 3. The van der Waals surface area contributed by atoms with E-state index < -0.39 is 35.1 Å². The van der Waals surface area contributed by atoms with Gasteiger partial charge in [-0.1, -0.05) is 48.6 Å². The highest BCUT2D eigenvalue weighted by Crippen LogP contribution is 2.55. The third-order valence-corrected chi connectivity index (χ3v) is 6.06. The van der Waals surface area contributed by atoms with Crippen LogP contribution >= 0.6 is 0 Å². The Morgan fingerprint density at radius 2 is 1.94 bits per heavy atom. The quantitative estimate of drug-likeness (QED) is 0.680. The fourth-order valence-corrected chi connectivity index (χ4v) is 4.94. The number of carbonyl (C=O) groups is 3. The van der Waals surface area contributed by atoms with Gasteiger partial charge in [0.2, 0.25) is 17.7 Å². The first kappa shape index (κ1) is 21.3. The summed E-state index contributed by atoms with van der Waals surface area (Å²) in [5, 5.41) is 5.91. The molecule has 0 unspecified atom stereocenters. The zero-order valence-electron chi connectivity index (χ0n) is 18.1. The van der Waals surface area contributed by atoms with Crippen molar-refractivity contribution < 1.29 is 19.1 Å². The Balaban J connectivity index is 1.61. The minimum atomic E-state index is -1.14. The molecule has 4 rings (SSSR count). The lowest BCUT2D eigenvalue weighted by Gasteiger charge is -2.34. The van der Waals surface area contributed by atoms with E-state index in [1.165, 1.54) is 4.90 Å². The maximum atomic E-state index is 13.4. The maximum absolute atomic E-state index is 13.4. The van der Waals surface area contributed by atoms with Gasteiger partial charge in [0.15, 0.2) is 0 Å². The molecule has 0 saturated carbocycles. The highest BCUT2D eigenvalue weighted by molar-refractivity contribution is 6.00. The standard InChI is InChI=1S/C24H29N3O4/c1-5-13-27-19(21(29)26-23(2,3)4)24-12-11-16(31-24)17(18(24)22(27)30)20(28)25-14-15-9-7-6-8-10-15/h5-12,16-19H,1,13-14H2,2-4H3,(H,25,28)(H,26,29)/t16-,17+,18-,19-,24+/m1/s1. The Morgan fingerprint density at radius 3 is 2.58 bits per heavy atom. The van der Waals surface area contributed by atoms with Crippen molar-refractivity contribution in [1.82, 2.24) is 15.5 Å². The lowest BCUT2D eigenvalue weighted by Crippen LogP contribution is -2.57. The van der Waals surface area contributed by atoms with E-state index in [2.05, 4.69) is 17.2 Å². The van der Waals surface area contributed by atoms with Gasteiger partial charge >= 0.3 is 0 Å². The Hall–Kier alpha value is -2.93.